The summed E-state index contributed by atoms with van der Waals surface area (Å²) in [7, 11) is 0. The van der Waals surface area contributed by atoms with Crippen molar-refractivity contribution >= 4 is 12.2 Å². The zero-order chi connectivity index (χ0) is 11.7. The Morgan fingerprint density at radius 2 is 2.00 bits per heavy atom. The zero-order valence-corrected chi connectivity index (χ0v) is 10.2. The highest BCUT2D eigenvalue weighted by Gasteiger charge is 2.09. The van der Waals surface area contributed by atoms with Gasteiger partial charge in [-0.05, 0) is 37.7 Å². The molecule has 3 nitrogen and oxygen atoms in total. The van der Waals surface area contributed by atoms with Crippen molar-refractivity contribution in [2.45, 2.75) is 20.4 Å². The Kier molecular flexibility index (Phi) is 2.83. The first-order valence-electron chi connectivity index (χ1n) is 5.22. The Hall–Kier alpha value is -1.55. The minimum atomic E-state index is 0.182. The van der Waals surface area contributed by atoms with E-state index in [0.717, 1.165) is 17.8 Å². The number of imidazole rings is 1. The molecule has 1 aromatic carbocycles. The Bertz CT molecular complexity index is 569. The highest BCUT2D eigenvalue weighted by atomic mass is 32.1. The van der Waals surface area contributed by atoms with Crippen LogP contribution in [0.2, 0.25) is 0 Å². The lowest BCUT2D eigenvalue weighted by Crippen LogP contribution is -1.99. The maximum Gasteiger partial charge on any atom is 0.214 e. The molecule has 0 aliphatic heterocycles. The number of aromatic nitrogens is 2. The van der Waals surface area contributed by atoms with Crippen LogP contribution in [0.1, 0.15) is 12.5 Å². The first-order valence-corrected chi connectivity index (χ1v) is 5.63. The van der Waals surface area contributed by atoms with Gasteiger partial charge in [-0.3, -0.25) is 4.57 Å². The third kappa shape index (κ3) is 1.65. The van der Waals surface area contributed by atoms with E-state index in [9.17, 15) is 5.11 Å². The largest absolute Gasteiger partial charge is 0.493 e. The van der Waals surface area contributed by atoms with Crippen molar-refractivity contribution in [2.24, 2.45) is 0 Å². The number of nitrogens with zero attached hydrogens (tertiary/aromatic N) is 2. The molecule has 0 bridgehead atoms. The first kappa shape index (κ1) is 11.0. The van der Waals surface area contributed by atoms with Gasteiger partial charge in [0.1, 0.15) is 0 Å². The maximum absolute atomic E-state index is 9.90. The van der Waals surface area contributed by atoms with Crippen molar-refractivity contribution in [3.63, 3.8) is 0 Å². The lowest BCUT2D eigenvalue weighted by Gasteiger charge is -2.07. The third-order valence-electron chi connectivity index (χ3n) is 2.63. The van der Waals surface area contributed by atoms with Crippen molar-refractivity contribution in [1.82, 2.24) is 9.13 Å². The summed E-state index contributed by atoms with van der Waals surface area (Å²) in [5, 5.41) is 9.90. The Morgan fingerprint density at radius 1 is 1.31 bits per heavy atom. The fourth-order valence-corrected chi connectivity index (χ4v) is 2.12. The molecule has 0 unspecified atom stereocenters. The molecule has 4 heteroatoms. The minimum Gasteiger partial charge on any atom is -0.493 e. The molecule has 1 aromatic heterocycles. The lowest BCUT2D eigenvalue weighted by atomic mass is 10.2. The average Bonchev–Trinajstić information content (AvgIpc) is 2.55. The van der Waals surface area contributed by atoms with E-state index in [-0.39, 0.29) is 5.88 Å². The normalized spacial score (nSPS) is 10.6. The van der Waals surface area contributed by atoms with Crippen LogP contribution in [0.3, 0.4) is 0 Å². The van der Waals surface area contributed by atoms with E-state index < -0.39 is 0 Å². The topological polar surface area (TPSA) is 30.1 Å². The highest BCUT2D eigenvalue weighted by molar-refractivity contribution is 7.71. The van der Waals surface area contributed by atoms with Crippen LogP contribution in [-0.4, -0.2) is 14.2 Å². The van der Waals surface area contributed by atoms with Crippen LogP contribution in [0.15, 0.2) is 30.5 Å². The van der Waals surface area contributed by atoms with Crippen molar-refractivity contribution in [1.29, 1.82) is 0 Å². The van der Waals surface area contributed by atoms with Crippen LogP contribution in [0.25, 0.3) is 5.69 Å². The maximum atomic E-state index is 9.90. The monoisotopic (exact) mass is 234 g/mol. The van der Waals surface area contributed by atoms with E-state index in [1.54, 1.807) is 10.8 Å². The fourth-order valence-electron chi connectivity index (χ4n) is 1.75. The molecular weight excluding hydrogens is 220 g/mol. The molecule has 16 heavy (non-hydrogen) atoms. The second-order valence-corrected chi connectivity index (χ2v) is 4.04. The molecule has 0 aliphatic rings. The first-order chi connectivity index (χ1) is 7.65. The molecule has 0 saturated carbocycles. The second kappa shape index (κ2) is 4.14. The Labute approximate surface area is 99.6 Å². The minimum absolute atomic E-state index is 0.182. The van der Waals surface area contributed by atoms with Gasteiger partial charge in [0.2, 0.25) is 5.88 Å². The van der Waals surface area contributed by atoms with Gasteiger partial charge in [0.15, 0.2) is 4.77 Å². The molecule has 2 aromatic rings. The average molecular weight is 234 g/mol. The second-order valence-electron chi connectivity index (χ2n) is 3.68. The number of rotatable bonds is 2. The summed E-state index contributed by atoms with van der Waals surface area (Å²) in [6.45, 7) is 4.75. The van der Waals surface area contributed by atoms with Gasteiger partial charge in [-0.15, -0.1) is 0 Å². The van der Waals surface area contributed by atoms with Gasteiger partial charge in [-0.1, -0.05) is 18.2 Å². The van der Waals surface area contributed by atoms with Crippen LogP contribution >= 0.6 is 12.2 Å². The van der Waals surface area contributed by atoms with Crippen molar-refractivity contribution in [2.75, 3.05) is 0 Å². The van der Waals surface area contributed by atoms with E-state index >= 15 is 0 Å². The van der Waals surface area contributed by atoms with E-state index in [1.807, 2.05) is 42.7 Å². The molecule has 84 valence electrons. The molecule has 0 saturated heterocycles. The molecule has 0 amide bonds. The predicted molar refractivity (Wildman–Crippen MR) is 66.7 cm³/mol. The number of para-hydroxylation sites is 1. The number of hydrogen-bond donors (Lipinski definition) is 1. The number of hydrogen-bond acceptors (Lipinski definition) is 2. The van der Waals surface area contributed by atoms with Gasteiger partial charge in [-0.2, -0.15) is 0 Å². The summed E-state index contributed by atoms with van der Waals surface area (Å²) in [5.74, 6) is 0.182. The summed E-state index contributed by atoms with van der Waals surface area (Å²) in [6.07, 6.45) is 1.66. The summed E-state index contributed by atoms with van der Waals surface area (Å²) < 4.78 is 4.15. The molecule has 1 heterocycles. The summed E-state index contributed by atoms with van der Waals surface area (Å²) in [5.41, 5.74) is 2.01. The Balaban J connectivity index is 2.70. The van der Waals surface area contributed by atoms with Crippen molar-refractivity contribution in [3.05, 3.63) is 40.8 Å². The van der Waals surface area contributed by atoms with E-state index in [4.69, 9.17) is 12.2 Å². The van der Waals surface area contributed by atoms with E-state index in [1.165, 1.54) is 0 Å². The molecule has 0 fully saturated rings. The van der Waals surface area contributed by atoms with E-state index in [0.29, 0.717) is 4.77 Å². The van der Waals surface area contributed by atoms with Crippen LogP contribution in [0.4, 0.5) is 0 Å². The number of benzene rings is 1. The van der Waals surface area contributed by atoms with Gasteiger partial charge >= 0.3 is 0 Å². The van der Waals surface area contributed by atoms with Gasteiger partial charge < -0.3 is 9.67 Å². The molecule has 1 N–H and O–H groups in total. The third-order valence-corrected chi connectivity index (χ3v) is 3.05. The number of aromatic hydroxyl groups is 1. The molecule has 2 rings (SSSR count). The predicted octanol–water partition coefficient (Wildman–Crippen LogP) is 3.04. The molecule has 0 radical (unpaired) electrons. The quantitative estimate of drug-likeness (QED) is 0.809. The SMILES string of the molecule is CCn1cc(O)n(-c2ccccc2C)c1=S. The lowest BCUT2D eigenvalue weighted by molar-refractivity contribution is 0.441. The van der Waals surface area contributed by atoms with Gasteiger partial charge in [-0.25, -0.2) is 0 Å². The van der Waals surface area contributed by atoms with Crippen LogP contribution in [-0.2, 0) is 6.54 Å². The summed E-state index contributed by atoms with van der Waals surface area (Å²) in [4.78, 5) is 0. The van der Waals surface area contributed by atoms with Gasteiger partial charge in [0.05, 0.1) is 11.9 Å². The molecule has 0 spiro atoms. The van der Waals surface area contributed by atoms with Gasteiger partial charge in [0, 0.05) is 6.54 Å². The smallest absolute Gasteiger partial charge is 0.214 e. The van der Waals surface area contributed by atoms with Crippen LogP contribution < -0.4 is 0 Å². The zero-order valence-electron chi connectivity index (χ0n) is 9.34. The fraction of sp³-hybridized carbons (Fsp3) is 0.250. The molecule has 0 aliphatic carbocycles. The number of aryl methyl sites for hydroxylation is 2. The highest BCUT2D eigenvalue weighted by Crippen LogP contribution is 2.22. The summed E-state index contributed by atoms with van der Waals surface area (Å²) in [6, 6.07) is 7.85. The van der Waals surface area contributed by atoms with E-state index in [2.05, 4.69) is 0 Å². The molecule has 0 atom stereocenters. The summed E-state index contributed by atoms with van der Waals surface area (Å²) >= 11 is 5.32. The van der Waals surface area contributed by atoms with Crippen LogP contribution in [0.5, 0.6) is 5.88 Å². The molecular formula is C12H14N2OS. The van der Waals surface area contributed by atoms with Crippen LogP contribution in [0, 0.1) is 11.7 Å². The van der Waals surface area contributed by atoms with Gasteiger partial charge in [0.25, 0.3) is 0 Å². The standard InChI is InChI=1S/C12H14N2OS/c1-3-13-8-11(15)14(12(13)16)10-7-5-4-6-9(10)2/h4-8,15H,3H2,1-2H3. The van der Waals surface area contributed by atoms with Crippen molar-refractivity contribution in [3.8, 4) is 11.6 Å². The Morgan fingerprint density at radius 3 is 2.56 bits per heavy atom. The van der Waals surface area contributed by atoms with Crippen molar-refractivity contribution < 1.29 is 5.11 Å².